The number of anilines is 1. The molecule has 1 aliphatic heterocycles. The first-order valence-electron chi connectivity index (χ1n) is 6.16. The van der Waals surface area contributed by atoms with Crippen LogP contribution in [0.25, 0.3) is 0 Å². The predicted molar refractivity (Wildman–Crippen MR) is 68.2 cm³/mol. The summed E-state index contributed by atoms with van der Waals surface area (Å²) in [5.41, 5.74) is 4.04. The Hall–Kier alpha value is -1.10. The van der Waals surface area contributed by atoms with E-state index in [1.807, 2.05) is 0 Å². The highest BCUT2D eigenvalue weighted by atomic mass is 16.5. The molecule has 1 heterocycles. The number of aliphatic hydroxyl groups is 1. The van der Waals surface area contributed by atoms with Gasteiger partial charge in [0.05, 0.1) is 19.8 Å². The number of para-hydroxylation sites is 1. The van der Waals surface area contributed by atoms with Crippen LogP contribution in [0.4, 0.5) is 5.69 Å². The largest absolute Gasteiger partial charge is 0.394 e. The van der Waals surface area contributed by atoms with Crippen molar-refractivity contribution in [3.8, 4) is 0 Å². The fraction of sp³-hybridized carbons (Fsp3) is 0.538. The average molecular weight is 236 g/mol. The summed E-state index contributed by atoms with van der Waals surface area (Å²) in [6.45, 7) is 3.87. The van der Waals surface area contributed by atoms with Gasteiger partial charge in [-0.2, -0.15) is 0 Å². The Morgan fingerprint density at radius 3 is 3.18 bits per heavy atom. The summed E-state index contributed by atoms with van der Waals surface area (Å²) in [6, 6.07) is 6.45. The molecule has 0 bridgehead atoms. The zero-order valence-corrected chi connectivity index (χ0v) is 10.0. The van der Waals surface area contributed by atoms with Gasteiger partial charge in [0.1, 0.15) is 0 Å². The molecular formula is C13H20N2O2. The van der Waals surface area contributed by atoms with Crippen LogP contribution < -0.4 is 10.6 Å². The third-order valence-electron chi connectivity index (χ3n) is 2.91. The number of ether oxygens (including phenoxy) is 1. The zero-order valence-electron chi connectivity index (χ0n) is 10.0. The van der Waals surface area contributed by atoms with E-state index in [-0.39, 0.29) is 6.61 Å². The molecule has 17 heavy (non-hydrogen) atoms. The van der Waals surface area contributed by atoms with Crippen LogP contribution in [0.15, 0.2) is 18.2 Å². The number of benzene rings is 1. The van der Waals surface area contributed by atoms with Gasteiger partial charge in [-0.1, -0.05) is 18.2 Å². The molecular weight excluding hydrogens is 216 g/mol. The number of hydrogen-bond acceptors (Lipinski definition) is 4. The van der Waals surface area contributed by atoms with Crippen LogP contribution in [-0.2, 0) is 17.7 Å². The molecule has 1 aliphatic rings. The summed E-state index contributed by atoms with van der Waals surface area (Å²) >= 11 is 0. The number of nitrogens with one attached hydrogen (secondary N) is 2. The molecule has 0 spiro atoms. The van der Waals surface area contributed by atoms with Crippen molar-refractivity contribution in [1.82, 2.24) is 5.32 Å². The SMILES string of the molecule is OCCOCCNCc1cccc2c1NCC2. The maximum atomic E-state index is 8.55. The first-order valence-corrected chi connectivity index (χ1v) is 6.16. The first kappa shape index (κ1) is 12.4. The highest BCUT2D eigenvalue weighted by molar-refractivity contribution is 5.61. The predicted octanol–water partition coefficient (Wildman–Crippen LogP) is 0.753. The fourth-order valence-corrected chi connectivity index (χ4v) is 2.09. The molecule has 4 heteroatoms. The van der Waals surface area contributed by atoms with Gasteiger partial charge in [0.2, 0.25) is 0 Å². The van der Waals surface area contributed by atoms with Gasteiger partial charge in [0.15, 0.2) is 0 Å². The first-order chi connectivity index (χ1) is 8.42. The number of aliphatic hydroxyl groups excluding tert-OH is 1. The van der Waals surface area contributed by atoms with Crippen LogP contribution >= 0.6 is 0 Å². The van der Waals surface area contributed by atoms with Crippen molar-refractivity contribution in [3.05, 3.63) is 29.3 Å². The second-order valence-electron chi connectivity index (χ2n) is 4.14. The van der Waals surface area contributed by atoms with E-state index in [2.05, 4.69) is 28.8 Å². The van der Waals surface area contributed by atoms with Crippen molar-refractivity contribution in [2.24, 2.45) is 0 Å². The molecule has 0 fully saturated rings. The smallest absolute Gasteiger partial charge is 0.0698 e. The minimum atomic E-state index is 0.0934. The van der Waals surface area contributed by atoms with E-state index in [1.165, 1.54) is 16.8 Å². The highest BCUT2D eigenvalue weighted by Gasteiger charge is 2.12. The van der Waals surface area contributed by atoms with Gasteiger partial charge < -0.3 is 20.5 Å². The Labute approximate surface area is 102 Å². The standard InChI is InChI=1S/C13H20N2O2/c16-7-9-17-8-6-14-10-12-3-1-2-11-4-5-15-13(11)12/h1-3,14-16H,4-10H2. The second-order valence-corrected chi connectivity index (χ2v) is 4.14. The van der Waals surface area contributed by atoms with Gasteiger partial charge in [-0.05, 0) is 17.5 Å². The maximum absolute atomic E-state index is 8.55. The van der Waals surface area contributed by atoms with Crippen LogP contribution in [-0.4, -0.2) is 38.0 Å². The molecule has 0 radical (unpaired) electrons. The summed E-state index contributed by atoms with van der Waals surface area (Å²) in [6.07, 6.45) is 1.13. The van der Waals surface area contributed by atoms with Gasteiger partial charge in [-0.25, -0.2) is 0 Å². The topological polar surface area (TPSA) is 53.5 Å². The van der Waals surface area contributed by atoms with Crippen LogP contribution in [0.2, 0.25) is 0 Å². The Kier molecular flexibility index (Phi) is 4.79. The Morgan fingerprint density at radius 1 is 1.35 bits per heavy atom. The molecule has 2 rings (SSSR count). The third-order valence-corrected chi connectivity index (χ3v) is 2.91. The highest BCUT2D eigenvalue weighted by Crippen LogP contribution is 2.25. The van der Waals surface area contributed by atoms with Gasteiger partial charge in [0.25, 0.3) is 0 Å². The van der Waals surface area contributed by atoms with Crippen molar-refractivity contribution >= 4 is 5.69 Å². The van der Waals surface area contributed by atoms with Crippen molar-refractivity contribution in [2.45, 2.75) is 13.0 Å². The van der Waals surface area contributed by atoms with E-state index in [0.717, 1.165) is 26.1 Å². The third kappa shape index (κ3) is 3.43. The molecule has 94 valence electrons. The minimum Gasteiger partial charge on any atom is -0.394 e. The van der Waals surface area contributed by atoms with E-state index in [4.69, 9.17) is 9.84 Å². The minimum absolute atomic E-state index is 0.0934. The molecule has 1 aromatic carbocycles. The van der Waals surface area contributed by atoms with Crippen molar-refractivity contribution in [1.29, 1.82) is 0 Å². The van der Waals surface area contributed by atoms with E-state index in [9.17, 15) is 0 Å². The number of rotatable bonds is 7. The Bertz CT molecular complexity index is 355. The lowest BCUT2D eigenvalue weighted by Crippen LogP contribution is -2.20. The summed E-state index contributed by atoms with van der Waals surface area (Å²) in [5.74, 6) is 0. The molecule has 1 aromatic rings. The monoisotopic (exact) mass is 236 g/mol. The average Bonchev–Trinajstić information content (AvgIpc) is 2.82. The molecule has 4 nitrogen and oxygen atoms in total. The van der Waals surface area contributed by atoms with Crippen LogP contribution in [0.5, 0.6) is 0 Å². The van der Waals surface area contributed by atoms with Crippen LogP contribution in [0.1, 0.15) is 11.1 Å². The summed E-state index contributed by atoms with van der Waals surface area (Å²) in [5, 5.41) is 15.3. The van der Waals surface area contributed by atoms with Crippen LogP contribution in [0, 0.1) is 0 Å². The quantitative estimate of drug-likeness (QED) is 0.612. The lowest BCUT2D eigenvalue weighted by atomic mass is 10.1. The van der Waals surface area contributed by atoms with Crippen molar-refractivity contribution in [2.75, 3.05) is 38.2 Å². The van der Waals surface area contributed by atoms with Gasteiger partial charge in [0, 0.05) is 25.3 Å². The number of hydrogen-bond donors (Lipinski definition) is 3. The summed E-state index contributed by atoms with van der Waals surface area (Å²) < 4.78 is 5.19. The van der Waals surface area contributed by atoms with Gasteiger partial charge in [-0.3, -0.25) is 0 Å². The van der Waals surface area contributed by atoms with E-state index in [0.29, 0.717) is 13.2 Å². The summed E-state index contributed by atoms with van der Waals surface area (Å²) in [7, 11) is 0. The molecule has 3 N–H and O–H groups in total. The van der Waals surface area contributed by atoms with Crippen molar-refractivity contribution < 1.29 is 9.84 Å². The molecule has 0 saturated carbocycles. The molecule has 0 saturated heterocycles. The number of fused-ring (bicyclic) bond motifs is 1. The van der Waals surface area contributed by atoms with E-state index >= 15 is 0 Å². The van der Waals surface area contributed by atoms with Gasteiger partial charge in [-0.15, -0.1) is 0 Å². The normalized spacial score (nSPS) is 13.5. The molecule has 0 atom stereocenters. The fourth-order valence-electron chi connectivity index (χ4n) is 2.09. The Morgan fingerprint density at radius 2 is 2.29 bits per heavy atom. The lowest BCUT2D eigenvalue weighted by Gasteiger charge is -2.10. The van der Waals surface area contributed by atoms with E-state index in [1.54, 1.807) is 0 Å². The van der Waals surface area contributed by atoms with Crippen molar-refractivity contribution in [3.63, 3.8) is 0 Å². The molecule has 0 amide bonds. The molecule has 0 aromatic heterocycles. The summed E-state index contributed by atoms with van der Waals surface area (Å²) in [4.78, 5) is 0. The maximum Gasteiger partial charge on any atom is 0.0698 e. The lowest BCUT2D eigenvalue weighted by molar-refractivity contribution is 0.0938. The van der Waals surface area contributed by atoms with Crippen LogP contribution in [0.3, 0.4) is 0 Å². The molecule has 0 aliphatic carbocycles. The zero-order chi connectivity index (χ0) is 11.9. The Balaban J connectivity index is 1.74. The van der Waals surface area contributed by atoms with E-state index < -0.39 is 0 Å². The van der Waals surface area contributed by atoms with Gasteiger partial charge >= 0.3 is 0 Å². The second kappa shape index (κ2) is 6.59. The molecule has 0 unspecified atom stereocenters.